The van der Waals surface area contributed by atoms with Gasteiger partial charge in [0, 0.05) is 18.3 Å². The van der Waals surface area contributed by atoms with Crippen LogP contribution in [0.2, 0.25) is 5.02 Å². The molecule has 2 rings (SSSR count). The van der Waals surface area contributed by atoms with Gasteiger partial charge in [0.05, 0.1) is 11.1 Å². The Labute approximate surface area is 110 Å². The van der Waals surface area contributed by atoms with Crippen LogP contribution in [0.4, 0.5) is 0 Å². The standard InChI is InChI=1S/C11H15ClN4S/c1-3-13-9(11-8(12)4-5-17-11)6-10-14-7-15-16(10)2/h4-5,7,9,13H,3,6H2,1-2H3. The highest BCUT2D eigenvalue weighted by atomic mass is 35.5. The topological polar surface area (TPSA) is 42.7 Å². The molecule has 17 heavy (non-hydrogen) atoms. The highest BCUT2D eigenvalue weighted by Gasteiger charge is 2.17. The van der Waals surface area contributed by atoms with Gasteiger partial charge in [0.2, 0.25) is 0 Å². The summed E-state index contributed by atoms with van der Waals surface area (Å²) >= 11 is 7.85. The molecule has 0 bridgehead atoms. The van der Waals surface area contributed by atoms with E-state index in [1.54, 1.807) is 22.3 Å². The molecule has 1 atom stereocenters. The van der Waals surface area contributed by atoms with Gasteiger partial charge >= 0.3 is 0 Å². The van der Waals surface area contributed by atoms with Crippen molar-refractivity contribution in [3.05, 3.63) is 33.5 Å². The number of hydrogen-bond acceptors (Lipinski definition) is 4. The molecule has 0 aliphatic rings. The van der Waals surface area contributed by atoms with Gasteiger partial charge in [-0.15, -0.1) is 11.3 Å². The summed E-state index contributed by atoms with van der Waals surface area (Å²) in [6, 6.07) is 2.14. The van der Waals surface area contributed by atoms with Crippen LogP contribution in [-0.2, 0) is 13.5 Å². The zero-order chi connectivity index (χ0) is 12.3. The van der Waals surface area contributed by atoms with E-state index in [0.29, 0.717) is 0 Å². The van der Waals surface area contributed by atoms with Gasteiger partial charge < -0.3 is 5.32 Å². The fraction of sp³-hybridized carbons (Fsp3) is 0.455. The van der Waals surface area contributed by atoms with Crippen LogP contribution in [0, 0.1) is 0 Å². The van der Waals surface area contributed by atoms with Crippen molar-refractivity contribution in [2.45, 2.75) is 19.4 Å². The third-order valence-electron chi connectivity index (χ3n) is 2.60. The second-order valence-corrected chi connectivity index (χ2v) is 5.10. The first kappa shape index (κ1) is 12.5. The Morgan fingerprint density at radius 3 is 2.94 bits per heavy atom. The molecule has 0 saturated carbocycles. The molecule has 0 aliphatic carbocycles. The molecule has 2 aromatic heterocycles. The van der Waals surface area contributed by atoms with Crippen molar-refractivity contribution < 1.29 is 0 Å². The van der Waals surface area contributed by atoms with Crippen molar-refractivity contribution in [1.82, 2.24) is 20.1 Å². The summed E-state index contributed by atoms with van der Waals surface area (Å²) in [6.07, 6.45) is 2.37. The summed E-state index contributed by atoms with van der Waals surface area (Å²) in [5.41, 5.74) is 0. The molecule has 2 heterocycles. The molecule has 0 saturated heterocycles. The number of rotatable bonds is 5. The van der Waals surface area contributed by atoms with Gasteiger partial charge in [-0.1, -0.05) is 18.5 Å². The van der Waals surface area contributed by atoms with E-state index in [1.165, 1.54) is 0 Å². The minimum Gasteiger partial charge on any atom is -0.309 e. The molecular weight excluding hydrogens is 256 g/mol. The van der Waals surface area contributed by atoms with Gasteiger partial charge in [0.15, 0.2) is 0 Å². The zero-order valence-electron chi connectivity index (χ0n) is 9.85. The Morgan fingerprint density at radius 2 is 2.41 bits per heavy atom. The third kappa shape index (κ3) is 2.86. The number of halogens is 1. The van der Waals surface area contributed by atoms with Crippen LogP contribution in [0.25, 0.3) is 0 Å². The molecule has 0 aromatic carbocycles. The molecule has 6 heteroatoms. The number of aryl methyl sites for hydroxylation is 1. The second kappa shape index (κ2) is 5.62. The largest absolute Gasteiger partial charge is 0.309 e. The first-order chi connectivity index (χ1) is 8.22. The summed E-state index contributed by atoms with van der Waals surface area (Å²) < 4.78 is 1.80. The highest BCUT2D eigenvalue weighted by molar-refractivity contribution is 7.10. The second-order valence-electron chi connectivity index (χ2n) is 3.75. The van der Waals surface area contributed by atoms with Gasteiger partial charge in [-0.3, -0.25) is 4.68 Å². The third-order valence-corrected chi connectivity index (χ3v) is 4.08. The highest BCUT2D eigenvalue weighted by Crippen LogP contribution is 2.30. The lowest BCUT2D eigenvalue weighted by atomic mass is 10.1. The van der Waals surface area contributed by atoms with Crippen LogP contribution in [0.5, 0.6) is 0 Å². The summed E-state index contributed by atoms with van der Waals surface area (Å²) in [7, 11) is 1.90. The Balaban J connectivity index is 2.19. The maximum atomic E-state index is 6.18. The van der Waals surface area contributed by atoms with Crippen LogP contribution in [0.15, 0.2) is 17.8 Å². The molecular formula is C11H15ClN4S. The molecule has 2 aromatic rings. The normalized spacial score (nSPS) is 12.9. The molecule has 0 spiro atoms. The van der Waals surface area contributed by atoms with Gasteiger partial charge in [-0.05, 0) is 18.0 Å². The summed E-state index contributed by atoms with van der Waals surface area (Å²) in [5.74, 6) is 0.959. The summed E-state index contributed by atoms with van der Waals surface area (Å²) in [5, 5.41) is 10.4. The molecule has 0 amide bonds. The van der Waals surface area contributed by atoms with Crippen LogP contribution in [0.3, 0.4) is 0 Å². The van der Waals surface area contributed by atoms with Crippen molar-refractivity contribution in [3.63, 3.8) is 0 Å². The average Bonchev–Trinajstić information content (AvgIpc) is 2.88. The SMILES string of the molecule is CCNC(Cc1ncnn1C)c1sccc1Cl. The fourth-order valence-electron chi connectivity index (χ4n) is 1.75. The smallest absolute Gasteiger partial charge is 0.138 e. The molecule has 0 aliphatic heterocycles. The Bertz CT molecular complexity index is 479. The van der Waals surface area contributed by atoms with Crippen LogP contribution < -0.4 is 5.32 Å². The van der Waals surface area contributed by atoms with E-state index in [1.807, 2.05) is 18.5 Å². The minimum absolute atomic E-state index is 0.204. The molecule has 1 unspecified atom stereocenters. The molecule has 0 fully saturated rings. The van der Waals surface area contributed by atoms with E-state index in [2.05, 4.69) is 22.3 Å². The molecule has 92 valence electrons. The Kier molecular flexibility index (Phi) is 4.15. The Hall–Kier alpha value is -0.910. The van der Waals surface area contributed by atoms with Crippen LogP contribution in [0.1, 0.15) is 23.7 Å². The fourth-order valence-corrected chi connectivity index (χ4v) is 3.01. The van der Waals surface area contributed by atoms with Crippen molar-refractivity contribution in [2.24, 2.45) is 7.05 Å². The van der Waals surface area contributed by atoms with E-state index in [4.69, 9.17) is 11.6 Å². The first-order valence-electron chi connectivity index (χ1n) is 5.51. The number of hydrogen-bond donors (Lipinski definition) is 1. The lowest BCUT2D eigenvalue weighted by Gasteiger charge is -2.16. The molecule has 0 radical (unpaired) electrons. The quantitative estimate of drug-likeness (QED) is 0.907. The van der Waals surface area contributed by atoms with Gasteiger partial charge in [-0.2, -0.15) is 5.10 Å². The van der Waals surface area contributed by atoms with Gasteiger partial charge in [0.25, 0.3) is 0 Å². The lowest BCUT2D eigenvalue weighted by Crippen LogP contribution is -2.23. The predicted octanol–water partition coefficient (Wildman–Crippen LogP) is 2.42. The number of likely N-dealkylation sites (N-methyl/N-ethyl adjacent to an activating group) is 1. The summed E-state index contributed by atoms with van der Waals surface area (Å²) in [6.45, 7) is 2.99. The number of nitrogens with zero attached hydrogens (tertiary/aromatic N) is 3. The summed E-state index contributed by atoms with van der Waals surface area (Å²) in [4.78, 5) is 5.41. The molecule has 1 N–H and O–H groups in total. The van der Waals surface area contributed by atoms with Crippen molar-refractivity contribution >= 4 is 22.9 Å². The van der Waals surface area contributed by atoms with E-state index >= 15 is 0 Å². The monoisotopic (exact) mass is 270 g/mol. The minimum atomic E-state index is 0.204. The average molecular weight is 271 g/mol. The lowest BCUT2D eigenvalue weighted by molar-refractivity contribution is 0.529. The van der Waals surface area contributed by atoms with Gasteiger partial charge in [-0.25, -0.2) is 4.98 Å². The van der Waals surface area contributed by atoms with E-state index in [9.17, 15) is 0 Å². The van der Waals surface area contributed by atoms with E-state index in [-0.39, 0.29) is 6.04 Å². The van der Waals surface area contributed by atoms with E-state index < -0.39 is 0 Å². The molecule has 4 nitrogen and oxygen atoms in total. The van der Waals surface area contributed by atoms with Crippen molar-refractivity contribution in [3.8, 4) is 0 Å². The maximum absolute atomic E-state index is 6.18. The predicted molar refractivity (Wildman–Crippen MR) is 70.5 cm³/mol. The first-order valence-corrected chi connectivity index (χ1v) is 6.77. The number of nitrogens with one attached hydrogen (secondary N) is 1. The zero-order valence-corrected chi connectivity index (χ0v) is 11.4. The van der Waals surface area contributed by atoms with Crippen LogP contribution >= 0.6 is 22.9 Å². The van der Waals surface area contributed by atoms with Crippen molar-refractivity contribution in [2.75, 3.05) is 6.54 Å². The Morgan fingerprint density at radius 1 is 1.59 bits per heavy atom. The van der Waals surface area contributed by atoms with E-state index in [0.717, 1.165) is 28.7 Å². The number of aromatic nitrogens is 3. The van der Waals surface area contributed by atoms with Crippen LogP contribution in [-0.4, -0.2) is 21.3 Å². The van der Waals surface area contributed by atoms with Crippen molar-refractivity contribution in [1.29, 1.82) is 0 Å². The maximum Gasteiger partial charge on any atom is 0.138 e. The van der Waals surface area contributed by atoms with Gasteiger partial charge in [0.1, 0.15) is 12.2 Å². The number of thiophene rings is 1.